The van der Waals surface area contributed by atoms with Crippen LogP contribution in [0.15, 0.2) is 66.0 Å². The first-order valence-electron chi connectivity index (χ1n) is 10.1. The number of hydrogen-bond acceptors (Lipinski definition) is 5. The van der Waals surface area contributed by atoms with Crippen molar-refractivity contribution in [3.63, 3.8) is 0 Å². The molecule has 1 atom stereocenters. The zero-order valence-electron chi connectivity index (χ0n) is 18.2. The first-order chi connectivity index (χ1) is 14.1. The lowest BCUT2D eigenvalue weighted by atomic mass is 9.95. The molecule has 1 aliphatic heterocycles. The average molecular weight is 408 g/mol. The first kappa shape index (κ1) is 21.6. The third-order valence-electron chi connectivity index (χ3n) is 4.74. The van der Waals surface area contributed by atoms with Gasteiger partial charge < -0.3 is 14.2 Å². The Labute approximate surface area is 177 Å². The highest BCUT2D eigenvalue weighted by atomic mass is 16.7. The van der Waals surface area contributed by atoms with Gasteiger partial charge in [0.15, 0.2) is 0 Å². The van der Waals surface area contributed by atoms with Crippen molar-refractivity contribution in [2.75, 3.05) is 0 Å². The molecule has 1 fully saturated rings. The number of allylic oxidation sites excluding steroid dienone is 7. The van der Waals surface area contributed by atoms with E-state index in [9.17, 15) is 9.59 Å². The number of cyclic esters (lactones) is 1. The Morgan fingerprint density at radius 1 is 1.07 bits per heavy atom. The molecule has 0 spiro atoms. The largest absolute Gasteiger partial charge is 0.454 e. The van der Waals surface area contributed by atoms with Crippen LogP contribution in [0.25, 0.3) is 0 Å². The molecule has 0 N–H and O–H groups in total. The molecule has 0 amide bonds. The minimum atomic E-state index is -1.38. The highest BCUT2D eigenvalue weighted by Crippen LogP contribution is 2.42. The van der Waals surface area contributed by atoms with Gasteiger partial charge in [0.25, 0.3) is 5.79 Å². The Morgan fingerprint density at radius 2 is 1.73 bits per heavy atom. The summed E-state index contributed by atoms with van der Waals surface area (Å²) in [6.07, 6.45) is 11.4. The normalized spacial score (nSPS) is 20.7. The van der Waals surface area contributed by atoms with Gasteiger partial charge in [0.2, 0.25) is 5.76 Å². The summed E-state index contributed by atoms with van der Waals surface area (Å²) in [4.78, 5) is 25.3. The Hall–Kier alpha value is -3.08. The van der Waals surface area contributed by atoms with Crippen molar-refractivity contribution >= 4 is 11.9 Å². The number of esters is 2. The van der Waals surface area contributed by atoms with Crippen LogP contribution in [0.5, 0.6) is 0 Å². The topological polar surface area (TPSA) is 61.8 Å². The van der Waals surface area contributed by atoms with Crippen LogP contribution in [-0.2, 0) is 29.6 Å². The van der Waals surface area contributed by atoms with Crippen LogP contribution in [0.4, 0.5) is 0 Å². The number of rotatable bonds is 4. The molecule has 5 heteroatoms. The summed E-state index contributed by atoms with van der Waals surface area (Å²) in [6, 6.07) is 5.88. The maximum atomic E-state index is 13.1. The maximum Gasteiger partial charge on any atom is 0.374 e. The molecule has 0 unspecified atom stereocenters. The van der Waals surface area contributed by atoms with Crippen LogP contribution in [0.3, 0.4) is 0 Å². The third kappa shape index (κ3) is 4.90. The second-order valence-corrected chi connectivity index (χ2v) is 8.54. The lowest BCUT2D eigenvalue weighted by molar-refractivity contribution is -0.209. The Balaban J connectivity index is 2.12. The van der Waals surface area contributed by atoms with Gasteiger partial charge in [0.05, 0.1) is 6.42 Å². The second kappa shape index (κ2) is 8.34. The maximum absolute atomic E-state index is 13.1. The molecule has 2 aliphatic rings. The summed E-state index contributed by atoms with van der Waals surface area (Å²) in [6.45, 7) is 9.28. The summed E-state index contributed by atoms with van der Waals surface area (Å²) >= 11 is 0. The zero-order valence-corrected chi connectivity index (χ0v) is 18.2. The third-order valence-corrected chi connectivity index (χ3v) is 4.74. The number of carbonyl (C=O) groups is 2. The average Bonchev–Trinajstić information content (AvgIpc) is 2.86. The van der Waals surface area contributed by atoms with Crippen LogP contribution in [-0.4, -0.2) is 17.5 Å². The van der Waals surface area contributed by atoms with Crippen LogP contribution < -0.4 is 0 Å². The molecular weight excluding hydrogens is 380 g/mol. The predicted molar refractivity (Wildman–Crippen MR) is 114 cm³/mol. The van der Waals surface area contributed by atoms with E-state index in [1.165, 1.54) is 0 Å². The molecule has 0 radical (unpaired) electrons. The summed E-state index contributed by atoms with van der Waals surface area (Å²) in [7, 11) is 0. The van der Waals surface area contributed by atoms with Gasteiger partial charge in [-0.1, -0.05) is 54.2 Å². The van der Waals surface area contributed by atoms with Gasteiger partial charge in [-0.3, -0.25) is 4.79 Å². The molecule has 3 rings (SSSR count). The van der Waals surface area contributed by atoms with E-state index in [1.807, 2.05) is 56.4 Å². The summed E-state index contributed by atoms with van der Waals surface area (Å²) in [5.41, 5.74) is 2.49. The lowest BCUT2D eigenvalue weighted by Crippen LogP contribution is -2.34. The summed E-state index contributed by atoms with van der Waals surface area (Å²) < 4.78 is 17.7. The minimum Gasteiger partial charge on any atom is -0.454 e. The molecule has 1 saturated heterocycles. The van der Waals surface area contributed by atoms with Crippen LogP contribution in [0.2, 0.25) is 0 Å². The van der Waals surface area contributed by atoms with Crippen molar-refractivity contribution in [1.82, 2.24) is 0 Å². The van der Waals surface area contributed by atoms with Gasteiger partial charge in [0, 0.05) is 17.6 Å². The van der Waals surface area contributed by atoms with Crippen molar-refractivity contribution in [3.05, 3.63) is 82.7 Å². The first-order valence-corrected chi connectivity index (χ1v) is 10.1. The smallest absolute Gasteiger partial charge is 0.374 e. The fourth-order valence-corrected chi connectivity index (χ4v) is 3.38. The zero-order chi connectivity index (χ0) is 21.9. The quantitative estimate of drug-likeness (QED) is 0.395. The monoisotopic (exact) mass is 408 g/mol. The molecule has 30 heavy (non-hydrogen) atoms. The molecular formula is C25H28O5. The minimum absolute atomic E-state index is 0.0109. The highest BCUT2D eigenvalue weighted by Gasteiger charge is 2.47. The van der Waals surface area contributed by atoms with Gasteiger partial charge in [-0.25, -0.2) is 4.79 Å². The van der Waals surface area contributed by atoms with E-state index in [1.54, 1.807) is 32.9 Å². The van der Waals surface area contributed by atoms with E-state index in [0.717, 1.165) is 16.7 Å². The number of ether oxygens (including phenoxy) is 3. The van der Waals surface area contributed by atoms with Gasteiger partial charge >= 0.3 is 11.9 Å². The molecule has 1 aromatic rings. The van der Waals surface area contributed by atoms with E-state index in [4.69, 9.17) is 14.2 Å². The van der Waals surface area contributed by atoms with Crippen molar-refractivity contribution < 1.29 is 23.8 Å². The Morgan fingerprint density at radius 3 is 2.30 bits per heavy atom. The van der Waals surface area contributed by atoms with E-state index < -0.39 is 17.4 Å². The highest BCUT2D eigenvalue weighted by molar-refractivity contribution is 5.89. The fraction of sp³-hybridized carbons (Fsp3) is 0.360. The Kier molecular flexibility index (Phi) is 6.01. The second-order valence-electron chi connectivity index (χ2n) is 8.54. The van der Waals surface area contributed by atoms with Crippen molar-refractivity contribution in [2.45, 2.75) is 58.8 Å². The molecule has 0 saturated carbocycles. The number of aryl methyl sites for hydroxylation is 2. The molecule has 5 nitrogen and oxygen atoms in total. The lowest BCUT2D eigenvalue weighted by Gasteiger charge is -2.32. The van der Waals surface area contributed by atoms with Crippen molar-refractivity contribution in [2.24, 2.45) is 0 Å². The SMILES string of the molecule is Cc1ccc(C)c([C@@]2(OC(C(=O)OC(C)(C)C)=C3C=CC=CC=C3)CCC(=O)O2)c1. The molecule has 1 aliphatic carbocycles. The molecule has 0 bridgehead atoms. The van der Waals surface area contributed by atoms with Gasteiger partial charge in [-0.2, -0.15) is 0 Å². The number of benzene rings is 1. The van der Waals surface area contributed by atoms with Crippen LogP contribution in [0.1, 0.15) is 50.3 Å². The van der Waals surface area contributed by atoms with Crippen molar-refractivity contribution in [1.29, 1.82) is 0 Å². The molecule has 1 aromatic carbocycles. The van der Waals surface area contributed by atoms with E-state index >= 15 is 0 Å². The molecule has 1 heterocycles. The predicted octanol–water partition coefficient (Wildman–Crippen LogP) is 5.09. The molecule has 158 valence electrons. The van der Waals surface area contributed by atoms with Gasteiger partial charge in [0.1, 0.15) is 5.60 Å². The van der Waals surface area contributed by atoms with Crippen molar-refractivity contribution in [3.8, 4) is 0 Å². The van der Waals surface area contributed by atoms with E-state index in [2.05, 4.69) is 0 Å². The molecule has 0 aromatic heterocycles. The Bertz CT molecular complexity index is 954. The van der Waals surface area contributed by atoms with Gasteiger partial charge in [-0.15, -0.1) is 0 Å². The van der Waals surface area contributed by atoms with E-state index in [-0.39, 0.29) is 18.1 Å². The summed E-state index contributed by atoms with van der Waals surface area (Å²) in [5, 5.41) is 0. The van der Waals surface area contributed by atoms with Crippen LogP contribution in [0, 0.1) is 13.8 Å². The fourth-order valence-electron chi connectivity index (χ4n) is 3.38. The van der Waals surface area contributed by atoms with Gasteiger partial charge in [-0.05, 0) is 46.2 Å². The standard InChI is InChI=1S/C25H28O5/c1-17-12-13-18(2)20(16-17)25(15-14-21(26)28-25)29-22(23(27)30-24(3,4)5)19-10-8-6-7-9-11-19/h6-13,16H,14-15H2,1-5H3/t25-/m0/s1. The van der Waals surface area contributed by atoms with E-state index in [0.29, 0.717) is 12.0 Å². The number of carbonyl (C=O) groups excluding carboxylic acids is 2. The summed E-state index contributed by atoms with van der Waals surface area (Å²) in [5.74, 6) is -2.34. The van der Waals surface area contributed by atoms with Crippen LogP contribution >= 0.6 is 0 Å². The number of hydrogen-bond donors (Lipinski definition) is 0.